The summed E-state index contributed by atoms with van der Waals surface area (Å²) in [6, 6.07) is 15.9. The summed E-state index contributed by atoms with van der Waals surface area (Å²) in [4.78, 5) is 13.2. The number of nitrogens with one attached hydrogen (secondary N) is 1. The van der Waals surface area contributed by atoms with Crippen LogP contribution in [-0.2, 0) is 27.1 Å². The average molecular weight is 408 g/mol. The molecule has 0 bridgehead atoms. The number of carbonyl (C=O) groups excluding carboxylic acids is 1. The molecule has 0 saturated carbocycles. The van der Waals surface area contributed by atoms with Gasteiger partial charge in [0.05, 0.1) is 28.8 Å². The maximum Gasteiger partial charge on any atom is 0.233 e. The lowest BCUT2D eigenvalue weighted by Crippen LogP contribution is -2.23. The normalized spacial score (nSPS) is 16.4. The standard InChI is InChI=1S/C23H25N3O2S/c1-4-18(17-10-6-5-7-11-17)23(27)24-22-19-13-29(28)14-20(19)25-26(22)21-12-8-9-15(2)16(21)3/h5-12,18H,4,13-14H2,1-3H3,(H,24,27)/t18-,29-/m0/s1. The van der Waals surface area contributed by atoms with Crippen LogP contribution < -0.4 is 5.32 Å². The highest BCUT2D eigenvalue weighted by atomic mass is 32.2. The van der Waals surface area contributed by atoms with Gasteiger partial charge < -0.3 is 5.32 Å². The first-order valence-electron chi connectivity index (χ1n) is 9.87. The van der Waals surface area contributed by atoms with Gasteiger partial charge in [-0.1, -0.05) is 49.4 Å². The molecule has 0 aliphatic carbocycles. The summed E-state index contributed by atoms with van der Waals surface area (Å²) in [7, 11) is -0.963. The number of aryl methyl sites for hydroxylation is 1. The van der Waals surface area contributed by atoms with Gasteiger partial charge in [0.25, 0.3) is 0 Å². The number of fused-ring (bicyclic) bond motifs is 1. The van der Waals surface area contributed by atoms with E-state index >= 15 is 0 Å². The van der Waals surface area contributed by atoms with Gasteiger partial charge in [0.15, 0.2) is 0 Å². The van der Waals surface area contributed by atoms with Crippen molar-refractivity contribution in [2.24, 2.45) is 0 Å². The Kier molecular flexibility index (Phi) is 5.37. The van der Waals surface area contributed by atoms with Crippen LogP contribution in [0.3, 0.4) is 0 Å². The zero-order valence-electron chi connectivity index (χ0n) is 16.9. The number of rotatable bonds is 5. The number of aromatic nitrogens is 2. The van der Waals surface area contributed by atoms with Gasteiger partial charge in [0.2, 0.25) is 5.91 Å². The van der Waals surface area contributed by atoms with Crippen molar-refractivity contribution >= 4 is 22.5 Å². The first kappa shape index (κ1) is 19.6. The highest BCUT2D eigenvalue weighted by Crippen LogP contribution is 2.33. The number of carbonyl (C=O) groups is 1. The van der Waals surface area contributed by atoms with Gasteiger partial charge in [-0.3, -0.25) is 9.00 Å². The third-order valence-corrected chi connectivity index (χ3v) is 6.85. The van der Waals surface area contributed by atoms with Gasteiger partial charge in [0, 0.05) is 16.4 Å². The SMILES string of the molecule is CC[C@H](C(=O)Nc1c2c(nn1-c1cccc(C)c1C)C[S@@](=O)C2)c1ccccc1. The zero-order valence-corrected chi connectivity index (χ0v) is 17.8. The fourth-order valence-electron chi connectivity index (χ4n) is 3.86. The molecule has 0 saturated heterocycles. The Morgan fingerprint density at radius 3 is 2.62 bits per heavy atom. The van der Waals surface area contributed by atoms with Gasteiger partial charge in [-0.2, -0.15) is 5.10 Å². The van der Waals surface area contributed by atoms with Crippen molar-refractivity contribution in [1.29, 1.82) is 0 Å². The summed E-state index contributed by atoms with van der Waals surface area (Å²) in [5.74, 6) is 1.20. The minimum Gasteiger partial charge on any atom is -0.310 e. The lowest BCUT2D eigenvalue weighted by Gasteiger charge is -2.18. The second-order valence-corrected chi connectivity index (χ2v) is 8.95. The molecule has 2 aromatic carbocycles. The molecule has 1 aliphatic rings. The van der Waals surface area contributed by atoms with Crippen molar-refractivity contribution in [2.45, 2.75) is 44.6 Å². The molecule has 6 heteroatoms. The van der Waals surface area contributed by atoms with E-state index in [-0.39, 0.29) is 11.8 Å². The lowest BCUT2D eigenvalue weighted by molar-refractivity contribution is -0.117. The Balaban J connectivity index is 1.76. The quantitative estimate of drug-likeness (QED) is 0.682. The van der Waals surface area contributed by atoms with Gasteiger partial charge in [-0.25, -0.2) is 4.68 Å². The zero-order chi connectivity index (χ0) is 20.5. The number of anilines is 1. The van der Waals surface area contributed by atoms with E-state index in [1.807, 2.05) is 54.1 Å². The van der Waals surface area contributed by atoms with Crippen molar-refractivity contribution in [2.75, 3.05) is 5.32 Å². The second-order valence-electron chi connectivity index (χ2n) is 7.49. The molecule has 2 heterocycles. The van der Waals surface area contributed by atoms with Crippen LogP contribution in [0.2, 0.25) is 0 Å². The molecule has 0 fully saturated rings. The van der Waals surface area contributed by atoms with Gasteiger partial charge in [-0.15, -0.1) is 0 Å². The van der Waals surface area contributed by atoms with Crippen LogP contribution in [0.25, 0.3) is 5.69 Å². The predicted molar refractivity (Wildman–Crippen MR) is 117 cm³/mol. The summed E-state index contributed by atoms with van der Waals surface area (Å²) in [5, 5.41) is 7.87. The van der Waals surface area contributed by atoms with Crippen molar-refractivity contribution in [1.82, 2.24) is 9.78 Å². The van der Waals surface area contributed by atoms with E-state index in [0.717, 1.165) is 33.6 Å². The van der Waals surface area contributed by atoms with Crippen molar-refractivity contribution in [3.63, 3.8) is 0 Å². The fraction of sp³-hybridized carbons (Fsp3) is 0.304. The van der Waals surface area contributed by atoms with Crippen LogP contribution in [0.1, 0.15) is 47.2 Å². The van der Waals surface area contributed by atoms with Crippen LogP contribution >= 0.6 is 0 Å². The van der Waals surface area contributed by atoms with E-state index < -0.39 is 10.8 Å². The minimum atomic E-state index is -0.963. The van der Waals surface area contributed by atoms with Crippen molar-refractivity contribution in [3.8, 4) is 5.69 Å². The molecule has 0 unspecified atom stereocenters. The van der Waals surface area contributed by atoms with Crippen LogP contribution in [0.15, 0.2) is 48.5 Å². The molecule has 0 spiro atoms. The number of amides is 1. The molecular formula is C23H25N3O2S. The van der Waals surface area contributed by atoms with Crippen molar-refractivity contribution in [3.05, 3.63) is 76.5 Å². The molecule has 1 aliphatic heterocycles. The summed E-state index contributed by atoms with van der Waals surface area (Å²) < 4.78 is 13.9. The number of benzene rings is 2. The molecular weight excluding hydrogens is 382 g/mol. The Labute approximate surface area is 173 Å². The largest absolute Gasteiger partial charge is 0.310 e. The third kappa shape index (κ3) is 3.65. The molecule has 5 nitrogen and oxygen atoms in total. The topological polar surface area (TPSA) is 64.0 Å². The molecule has 2 atom stereocenters. The third-order valence-electron chi connectivity index (χ3n) is 5.64. The average Bonchev–Trinajstić information content (AvgIpc) is 3.22. The van der Waals surface area contributed by atoms with Gasteiger partial charge in [-0.05, 0) is 43.0 Å². The van der Waals surface area contributed by atoms with Crippen LogP contribution in [0.5, 0.6) is 0 Å². The van der Waals surface area contributed by atoms with Crippen molar-refractivity contribution < 1.29 is 9.00 Å². The predicted octanol–water partition coefficient (Wildman–Crippen LogP) is 4.38. The van der Waals surface area contributed by atoms with E-state index in [0.29, 0.717) is 23.7 Å². The first-order valence-corrected chi connectivity index (χ1v) is 11.4. The minimum absolute atomic E-state index is 0.0642. The lowest BCUT2D eigenvalue weighted by atomic mass is 9.95. The van der Waals surface area contributed by atoms with E-state index in [1.165, 1.54) is 0 Å². The van der Waals surface area contributed by atoms with Crippen LogP contribution in [-0.4, -0.2) is 19.9 Å². The maximum absolute atomic E-state index is 13.2. The molecule has 0 radical (unpaired) electrons. The molecule has 1 N–H and O–H groups in total. The molecule has 29 heavy (non-hydrogen) atoms. The summed E-state index contributed by atoms with van der Waals surface area (Å²) in [6.07, 6.45) is 0.696. The number of hydrogen-bond donors (Lipinski definition) is 1. The van der Waals surface area contributed by atoms with Gasteiger partial charge >= 0.3 is 0 Å². The smallest absolute Gasteiger partial charge is 0.233 e. The van der Waals surface area contributed by atoms with E-state index in [9.17, 15) is 9.00 Å². The molecule has 3 aromatic rings. The molecule has 150 valence electrons. The number of hydrogen-bond acceptors (Lipinski definition) is 3. The molecule has 4 rings (SSSR count). The van der Waals surface area contributed by atoms with E-state index in [1.54, 1.807) is 0 Å². The number of nitrogens with zero attached hydrogens (tertiary/aromatic N) is 2. The maximum atomic E-state index is 13.2. The Morgan fingerprint density at radius 2 is 1.90 bits per heavy atom. The van der Waals surface area contributed by atoms with Crippen LogP contribution in [0, 0.1) is 13.8 Å². The highest BCUT2D eigenvalue weighted by molar-refractivity contribution is 7.83. The molecule has 1 aromatic heterocycles. The fourth-order valence-corrected chi connectivity index (χ4v) is 5.12. The van der Waals surface area contributed by atoms with E-state index in [2.05, 4.69) is 25.2 Å². The second kappa shape index (κ2) is 7.95. The Hall–Kier alpha value is -2.73. The highest BCUT2D eigenvalue weighted by Gasteiger charge is 2.30. The molecule has 1 amide bonds. The van der Waals surface area contributed by atoms with Crippen LogP contribution in [0.4, 0.5) is 5.82 Å². The Morgan fingerprint density at radius 1 is 1.14 bits per heavy atom. The summed E-state index contributed by atoms with van der Waals surface area (Å²) in [5.41, 5.74) is 5.90. The van der Waals surface area contributed by atoms with Gasteiger partial charge in [0.1, 0.15) is 5.82 Å². The summed E-state index contributed by atoms with van der Waals surface area (Å²) >= 11 is 0. The van der Waals surface area contributed by atoms with E-state index in [4.69, 9.17) is 5.10 Å². The first-order chi connectivity index (χ1) is 14.0. The summed E-state index contributed by atoms with van der Waals surface area (Å²) in [6.45, 7) is 6.13. The Bertz CT molecular complexity index is 1090. The monoisotopic (exact) mass is 407 g/mol.